The van der Waals surface area contributed by atoms with Gasteiger partial charge in [0.2, 0.25) is 0 Å². The van der Waals surface area contributed by atoms with Gasteiger partial charge in [0.25, 0.3) is 0 Å². The zero-order chi connectivity index (χ0) is 10.4. The second-order valence-corrected chi connectivity index (χ2v) is 2.41. The summed E-state index contributed by atoms with van der Waals surface area (Å²) in [6, 6.07) is 3.20. The van der Waals surface area contributed by atoms with Gasteiger partial charge in [-0.25, -0.2) is 4.79 Å². The van der Waals surface area contributed by atoms with Crippen molar-refractivity contribution in [2.24, 2.45) is 0 Å². The van der Waals surface area contributed by atoms with Crippen molar-refractivity contribution in [3.63, 3.8) is 0 Å². The van der Waals surface area contributed by atoms with E-state index in [-0.39, 0.29) is 6.61 Å². The van der Waals surface area contributed by atoms with Crippen molar-refractivity contribution >= 4 is 5.97 Å². The molecule has 0 amide bonds. The predicted molar refractivity (Wildman–Crippen MR) is 48.1 cm³/mol. The third kappa shape index (κ3) is 2.96. The number of esters is 1. The third-order valence-corrected chi connectivity index (χ3v) is 1.40. The molecule has 0 radical (unpaired) electrons. The van der Waals surface area contributed by atoms with E-state index in [1.165, 1.54) is 6.26 Å². The van der Waals surface area contributed by atoms with Gasteiger partial charge in [0.15, 0.2) is 6.10 Å². The summed E-state index contributed by atoms with van der Waals surface area (Å²) in [4.78, 5) is 10.8. The van der Waals surface area contributed by atoms with Gasteiger partial charge in [-0.3, -0.25) is 0 Å². The predicted octanol–water partition coefficient (Wildman–Crippen LogP) is 0.880. The molecule has 14 heavy (non-hydrogen) atoms. The minimum atomic E-state index is -1.09. The summed E-state index contributed by atoms with van der Waals surface area (Å²) < 4.78 is 9.44. The second-order valence-electron chi connectivity index (χ2n) is 2.41. The Balaban J connectivity index is 2.55. The molecule has 0 aliphatic carbocycles. The monoisotopic (exact) mass is 194 g/mol. The van der Waals surface area contributed by atoms with E-state index in [4.69, 9.17) is 4.42 Å². The van der Waals surface area contributed by atoms with Crippen LogP contribution in [0.2, 0.25) is 0 Å². The third-order valence-electron chi connectivity index (χ3n) is 1.40. The summed E-state index contributed by atoms with van der Waals surface area (Å²) >= 11 is 0. The lowest BCUT2D eigenvalue weighted by atomic mass is 10.3. The summed E-state index contributed by atoms with van der Waals surface area (Å²) in [5.41, 5.74) is 0. The Hall–Kier alpha value is -1.73. The molecule has 4 nitrogen and oxygen atoms in total. The molecule has 1 rings (SSSR count). The van der Waals surface area contributed by atoms with Crippen LogP contribution in [0.5, 0.6) is 0 Å². The fourth-order valence-corrected chi connectivity index (χ4v) is 0.812. The smallest absolute Gasteiger partial charge is 0.384 e. The van der Waals surface area contributed by atoms with Gasteiger partial charge in [0, 0.05) is 5.92 Å². The normalized spacial score (nSPS) is 11.3. The van der Waals surface area contributed by atoms with Crippen LogP contribution in [0.1, 0.15) is 18.8 Å². The van der Waals surface area contributed by atoms with Gasteiger partial charge in [-0.1, -0.05) is 5.92 Å². The largest absolute Gasteiger partial charge is 0.466 e. The Labute approximate surface area is 81.5 Å². The number of ether oxygens (including phenoxy) is 1. The molecule has 74 valence electrons. The Morgan fingerprint density at radius 2 is 2.57 bits per heavy atom. The quantitative estimate of drug-likeness (QED) is 0.431. The van der Waals surface area contributed by atoms with Crippen LogP contribution in [0.3, 0.4) is 0 Å². The fraction of sp³-hybridized carbons (Fsp3) is 0.300. The molecule has 1 aromatic heterocycles. The minimum absolute atomic E-state index is 0.268. The number of aliphatic hydroxyl groups is 1. The van der Waals surface area contributed by atoms with E-state index < -0.39 is 12.1 Å². The minimum Gasteiger partial charge on any atom is -0.466 e. The van der Waals surface area contributed by atoms with Crippen molar-refractivity contribution in [1.29, 1.82) is 0 Å². The van der Waals surface area contributed by atoms with Crippen molar-refractivity contribution in [2.45, 2.75) is 13.0 Å². The molecule has 1 heterocycles. The molecule has 0 aliphatic heterocycles. The van der Waals surface area contributed by atoms with Crippen LogP contribution in [0.4, 0.5) is 0 Å². The van der Waals surface area contributed by atoms with Crippen molar-refractivity contribution < 1.29 is 19.1 Å². The van der Waals surface area contributed by atoms with Crippen LogP contribution in [0, 0.1) is 11.8 Å². The lowest BCUT2D eigenvalue weighted by molar-refractivity contribution is -0.136. The number of furan rings is 1. The van der Waals surface area contributed by atoms with Gasteiger partial charge in [0.1, 0.15) is 5.76 Å². The molecule has 0 aromatic carbocycles. The first-order valence-corrected chi connectivity index (χ1v) is 4.13. The molecule has 0 saturated heterocycles. The maximum atomic E-state index is 10.8. The lowest BCUT2D eigenvalue weighted by Crippen LogP contribution is -2.01. The SMILES string of the molecule is CCOC(=O)C#CC(O)c1ccco1. The summed E-state index contributed by atoms with van der Waals surface area (Å²) in [6.45, 7) is 1.95. The first-order chi connectivity index (χ1) is 6.74. The average molecular weight is 194 g/mol. The first kappa shape index (κ1) is 10.4. The molecule has 1 aromatic rings. The van der Waals surface area contributed by atoms with Crippen LogP contribution in [-0.2, 0) is 9.53 Å². The highest BCUT2D eigenvalue weighted by atomic mass is 16.5. The van der Waals surface area contributed by atoms with Gasteiger partial charge >= 0.3 is 5.97 Å². The average Bonchev–Trinajstić information content (AvgIpc) is 2.67. The molecule has 1 atom stereocenters. The maximum absolute atomic E-state index is 10.8. The zero-order valence-electron chi connectivity index (χ0n) is 7.69. The summed E-state index contributed by atoms with van der Waals surface area (Å²) in [5, 5.41) is 9.35. The van der Waals surface area contributed by atoms with E-state index >= 15 is 0 Å². The van der Waals surface area contributed by atoms with E-state index in [0.29, 0.717) is 5.76 Å². The molecular formula is C10H10O4. The van der Waals surface area contributed by atoms with Gasteiger partial charge in [-0.05, 0) is 19.1 Å². The Morgan fingerprint density at radius 3 is 3.14 bits per heavy atom. The van der Waals surface area contributed by atoms with Crippen molar-refractivity contribution in [2.75, 3.05) is 6.61 Å². The Morgan fingerprint density at radius 1 is 1.79 bits per heavy atom. The summed E-state index contributed by atoms with van der Waals surface area (Å²) in [5.74, 6) is 4.11. The van der Waals surface area contributed by atoms with Crippen LogP contribution in [0.25, 0.3) is 0 Å². The molecule has 0 spiro atoms. The van der Waals surface area contributed by atoms with Gasteiger partial charge < -0.3 is 14.3 Å². The highest BCUT2D eigenvalue weighted by molar-refractivity contribution is 5.88. The maximum Gasteiger partial charge on any atom is 0.384 e. The van der Waals surface area contributed by atoms with Crippen molar-refractivity contribution in [3.8, 4) is 11.8 Å². The molecule has 0 aliphatic rings. The molecule has 1 N–H and O–H groups in total. The van der Waals surface area contributed by atoms with E-state index in [1.807, 2.05) is 0 Å². The number of rotatable bonds is 2. The molecular weight excluding hydrogens is 184 g/mol. The number of carbonyl (C=O) groups is 1. The molecule has 0 saturated carbocycles. The fourth-order valence-electron chi connectivity index (χ4n) is 0.812. The summed E-state index contributed by atoms with van der Waals surface area (Å²) in [6.07, 6.45) is 0.333. The highest BCUT2D eigenvalue weighted by Gasteiger charge is 2.06. The van der Waals surface area contributed by atoms with Crippen LogP contribution in [0.15, 0.2) is 22.8 Å². The zero-order valence-corrected chi connectivity index (χ0v) is 7.69. The Bertz CT molecular complexity index is 342. The number of hydrogen-bond donors (Lipinski definition) is 1. The van der Waals surface area contributed by atoms with E-state index in [9.17, 15) is 9.90 Å². The molecule has 0 fully saturated rings. The Kier molecular flexibility index (Phi) is 3.77. The van der Waals surface area contributed by atoms with Crippen molar-refractivity contribution in [1.82, 2.24) is 0 Å². The molecule has 0 bridgehead atoms. The first-order valence-electron chi connectivity index (χ1n) is 4.13. The van der Waals surface area contributed by atoms with Crippen molar-refractivity contribution in [3.05, 3.63) is 24.2 Å². The molecule has 4 heteroatoms. The van der Waals surface area contributed by atoms with Crippen LogP contribution < -0.4 is 0 Å². The van der Waals surface area contributed by atoms with E-state index in [1.54, 1.807) is 19.1 Å². The highest BCUT2D eigenvalue weighted by Crippen LogP contribution is 2.10. The topological polar surface area (TPSA) is 59.7 Å². The number of carbonyl (C=O) groups excluding carboxylic acids is 1. The van der Waals surface area contributed by atoms with Gasteiger partial charge in [0.05, 0.1) is 12.9 Å². The van der Waals surface area contributed by atoms with E-state index in [0.717, 1.165) is 0 Å². The number of aliphatic hydroxyl groups excluding tert-OH is 1. The molecule has 1 unspecified atom stereocenters. The summed E-state index contributed by atoms with van der Waals surface area (Å²) in [7, 11) is 0. The standard InChI is InChI=1S/C10H10O4/c1-2-13-10(12)6-5-8(11)9-4-3-7-14-9/h3-4,7-8,11H,2H2,1H3. The van der Waals surface area contributed by atoms with Gasteiger partial charge in [-0.15, -0.1) is 0 Å². The van der Waals surface area contributed by atoms with Crippen LogP contribution >= 0.6 is 0 Å². The second kappa shape index (κ2) is 5.10. The van der Waals surface area contributed by atoms with E-state index in [2.05, 4.69) is 16.6 Å². The lowest BCUT2D eigenvalue weighted by Gasteiger charge is -1.96. The number of hydrogen-bond acceptors (Lipinski definition) is 4. The van der Waals surface area contributed by atoms with Crippen LogP contribution in [-0.4, -0.2) is 17.7 Å². The van der Waals surface area contributed by atoms with Gasteiger partial charge in [-0.2, -0.15) is 0 Å².